The molecule has 0 radical (unpaired) electrons. The number of fused-ring (bicyclic) bond motifs is 5. The predicted octanol–water partition coefficient (Wildman–Crippen LogP) is 3.88. The minimum Gasteiger partial charge on any atom is -0.367 e. The summed E-state index contributed by atoms with van der Waals surface area (Å²) >= 11 is 6.16. The van der Waals surface area contributed by atoms with Crippen molar-refractivity contribution in [2.75, 3.05) is 5.32 Å². The molecule has 1 aromatic heterocycles. The lowest BCUT2D eigenvalue weighted by Crippen LogP contribution is -2.19. The molecule has 3 fully saturated rings. The molecule has 0 amide bonds. The van der Waals surface area contributed by atoms with Crippen molar-refractivity contribution in [3.8, 4) is 0 Å². The zero-order valence-electron chi connectivity index (χ0n) is 12.4. The SMILES string of the molecule is CC(C)(C)c1nc(Cl)cc(NC2C3C4CCC(C4)C23)n1. The average molecular weight is 292 g/mol. The van der Waals surface area contributed by atoms with Crippen LogP contribution in [0, 0.1) is 23.7 Å². The Morgan fingerprint density at radius 1 is 1.15 bits per heavy atom. The van der Waals surface area contributed by atoms with Crippen molar-refractivity contribution in [2.24, 2.45) is 23.7 Å². The van der Waals surface area contributed by atoms with Gasteiger partial charge in [0.05, 0.1) is 0 Å². The summed E-state index contributed by atoms with van der Waals surface area (Å²) in [4.78, 5) is 9.04. The number of halogens is 1. The topological polar surface area (TPSA) is 37.8 Å². The number of aromatic nitrogens is 2. The quantitative estimate of drug-likeness (QED) is 0.840. The second-order valence-electron chi connectivity index (χ2n) is 7.81. The third-order valence-electron chi connectivity index (χ3n) is 5.42. The molecule has 0 saturated heterocycles. The molecule has 0 aromatic carbocycles. The number of rotatable bonds is 2. The van der Waals surface area contributed by atoms with Gasteiger partial charge in [-0.25, -0.2) is 9.97 Å². The largest absolute Gasteiger partial charge is 0.367 e. The molecule has 108 valence electrons. The summed E-state index contributed by atoms with van der Waals surface area (Å²) < 4.78 is 0. The van der Waals surface area contributed by atoms with Crippen molar-refractivity contribution < 1.29 is 0 Å². The normalized spacial score (nSPS) is 37.9. The molecule has 4 unspecified atom stereocenters. The second kappa shape index (κ2) is 4.09. The first-order valence-electron chi connectivity index (χ1n) is 7.75. The lowest BCUT2D eigenvalue weighted by molar-refractivity contribution is 0.456. The Labute approximate surface area is 125 Å². The van der Waals surface area contributed by atoms with E-state index in [1.54, 1.807) is 0 Å². The fraction of sp³-hybridized carbons (Fsp3) is 0.750. The van der Waals surface area contributed by atoms with Crippen LogP contribution in [0.5, 0.6) is 0 Å². The third kappa shape index (κ3) is 1.93. The van der Waals surface area contributed by atoms with Crippen molar-refractivity contribution in [3.05, 3.63) is 17.0 Å². The Bertz CT molecular complexity index is 535. The average Bonchev–Trinajstić information content (AvgIpc) is 2.77. The van der Waals surface area contributed by atoms with E-state index in [1.807, 2.05) is 6.07 Å². The van der Waals surface area contributed by atoms with Crippen molar-refractivity contribution >= 4 is 17.4 Å². The zero-order chi connectivity index (χ0) is 14.1. The van der Waals surface area contributed by atoms with Gasteiger partial charge in [-0.3, -0.25) is 0 Å². The van der Waals surface area contributed by atoms with Gasteiger partial charge in [0, 0.05) is 17.5 Å². The smallest absolute Gasteiger partial charge is 0.137 e. The predicted molar refractivity (Wildman–Crippen MR) is 81.0 cm³/mol. The summed E-state index contributed by atoms with van der Waals surface area (Å²) in [6.45, 7) is 6.36. The van der Waals surface area contributed by atoms with E-state index >= 15 is 0 Å². The molecule has 4 rings (SSSR count). The number of hydrogen-bond acceptors (Lipinski definition) is 3. The van der Waals surface area contributed by atoms with Crippen LogP contribution in [0.2, 0.25) is 5.15 Å². The highest BCUT2D eigenvalue weighted by molar-refractivity contribution is 6.29. The van der Waals surface area contributed by atoms with E-state index < -0.39 is 0 Å². The van der Waals surface area contributed by atoms with Gasteiger partial charge >= 0.3 is 0 Å². The minimum absolute atomic E-state index is 0.0697. The van der Waals surface area contributed by atoms with E-state index in [2.05, 4.69) is 36.1 Å². The molecule has 0 spiro atoms. The van der Waals surface area contributed by atoms with Crippen molar-refractivity contribution in [3.63, 3.8) is 0 Å². The molecule has 3 nitrogen and oxygen atoms in total. The molecule has 0 aliphatic heterocycles. The Morgan fingerprint density at radius 3 is 2.40 bits per heavy atom. The van der Waals surface area contributed by atoms with Crippen LogP contribution in [0.3, 0.4) is 0 Å². The van der Waals surface area contributed by atoms with Crippen LogP contribution in [0.4, 0.5) is 5.82 Å². The Kier molecular flexibility index (Phi) is 2.64. The molecule has 1 heterocycles. The Morgan fingerprint density at radius 2 is 1.80 bits per heavy atom. The maximum Gasteiger partial charge on any atom is 0.137 e. The standard InChI is InChI=1S/C16H22ClN3/c1-16(2,3)15-18-10(17)7-11(20-15)19-14-12-8-4-5-9(6-8)13(12)14/h7-9,12-14H,4-6H2,1-3H3,(H,18,19,20). The van der Waals surface area contributed by atoms with Crippen LogP contribution in [0.25, 0.3) is 0 Å². The van der Waals surface area contributed by atoms with E-state index in [1.165, 1.54) is 19.3 Å². The van der Waals surface area contributed by atoms with Crippen LogP contribution >= 0.6 is 11.6 Å². The highest BCUT2D eigenvalue weighted by Crippen LogP contribution is 2.66. The fourth-order valence-corrected chi connectivity index (χ4v) is 4.70. The fourth-order valence-electron chi connectivity index (χ4n) is 4.52. The van der Waals surface area contributed by atoms with Gasteiger partial charge in [-0.1, -0.05) is 32.4 Å². The molecular formula is C16H22ClN3. The van der Waals surface area contributed by atoms with Crippen LogP contribution in [0.1, 0.15) is 45.9 Å². The van der Waals surface area contributed by atoms with Crippen LogP contribution in [-0.4, -0.2) is 16.0 Å². The van der Waals surface area contributed by atoms with E-state index in [9.17, 15) is 0 Å². The summed E-state index contributed by atoms with van der Waals surface area (Å²) in [5.74, 6) is 5.49. The molecule has 3 aliphatic rings. The molecule has 2 bridgehead atoms. The van der Waals surface area contributed by atoms with Gasteiger partial charge in [0.15, 0.2) is 0 Å². The van der Waals surface area contributed by atoms with Crippen molar-refractivity contribution in [2.45, 2.75) is 51.5 Å². The zero-order valence-corrected chi connectivity index (χ0v) is 13.1. The number of nitrogens with zero attached hydrogens (tertiary/aromatic N) is 2. The summed E-state index contributed by atoms with van der Waals surface area (Å²) in [5, 5.41) is 4.18. The first-order chi connectivity index (χ1) is 9.43. The van der Waals surface area contributed by atoms with Crippen LogP contribution < -0.4 is 5.32 Å². The van der Waals surface area contributed by atoms with Crippen LogP contribution in [-0.2, 0) is 5.41 Å². The van der Waals surface area contributed by atoms with Gasteiger partial charge in [-0.2, -0.15) is 0 Å². The minimum atomic E-state index is -0.0697. The molecule has 4 atom stereocenters. The van der Waals surface area contributed by atoms with Gasteiger partial charge < -0.3 is 5.32 Å². The second-order valence-corrected chi connectivity index (χ2v) is 8.19. The van der Waals surface area contributed by atoms with E-state index in [-0.39, 0.29) is 5.41 Å². The first-order valence-corrected chi connectivity index (χ1v) is 8.13. The highest BCUT2D eigenvalue weighted by atomic mass is 35.5. The summed E-state index contributed by atoms with van der Waals surface area (Å²) in [6, 6.07) is 2.51. The molecule has 1 aromatic rings. The first kappa shape index (κ1) is 12.9. The van der Waals surface area contributed by atoms with Gasteiger partial charge in [-0.05, 0) is 42.9 Å². The maximum atomic E-state index is 6.16. The molecule has 4 heteroatoms. The molecular weight excluding hydrogens is 270 g/mol. The van der Waals surface area contributed by atoms with Crippen LogP contribution in [0.15, 0.2) is 6.07 Å². The molecule has 3 saturated carbocycles. The van der Waals surface area contributed by atoms with Gasteiger partial charge in [0.25, 0.3) is 0 Å². The lowest BCUT2D eigenvalue weighted by atomic mass is 9.96. The van der Waals surface area contributed by atoms with Gasteiger partial charge in [-0.15, -0.1) is 0 Å². The highest BCUT2D eigenvalue weighted by Gasteiger charge is 2.65. The molecule has 1 N–H and O–H groups in total. The number of nitrogens with one attached hydrogen (secondary N) is 1. The molecule has 3 aliphatic carbocycles. The van der Waals surface area contributed by atoms with E-state index in [0.29, 0.717) is 11.2 Å². The van der Waals surface area contributed by atoms with Gasteiger partial charge in [0.2, 0.25) is 0 Å². The lowest BCUT2D eigenvalue weighted by Gasteiger charge is -2.18. The number of anilines is 1. The number of hydrogen-bond donors (Lipinski definition) is 1. The Balaban J connectivity index is 1.54. The Hall–Kier alpha value is -0.830. The third-order valence-corrected chi connectivity index (χ3v) is 5.61. The van der Waals surface area contributed by atoms with Gasteiger partial charge in [0.1, 0.15) is 16.8 Å². The monoisotopic (exact) mass is 291 g/mol. The van der Waals surface area contributed by atoms with E-state index in [0.717, 1.165) is 35.3 Å². The molecule has 20 heavy (non-hydrogen) atoms. The summed E-state index contributed by atoms with van der Waals surface area (Å²) in [5.41, 5.74) is -0.0697. The van der Waals surface area contributed by atoms with Crippen molar-refractivity contribution in [1.82, 2.24) is 9.97 Å². The summed E-state index contributed by atoms with van der Waals surface area (Å²) in [6.07, 6.45) is 4.37. The summed E-state index contributed by atoms with van der Waals surface area (Å²) in [7, 11) is 0. The van der Waals surface area contributed by atoms with Crippen molar-refractivity contribution in [1.29, 1.82) is 0 Å². The van der Waals surface area contributed by atoms with E-state index in [4.69, 9.17) is 11.6 Å². The maximum absolute atomic E-state index is 6.16.